The molecular formula is C14H17N3O2S. The summed E-state index contributed by atoms with van der Waals surface area (Å²) in [7, 11) is 0. The van der Waals surface area contributed by atoms with Gasteiger partial charge in [0, 0.05) is 10.8 Å². The highest BCUT2D eigenvalue weighted by Crippen LogP contribution is 2.30. The number of hydrogen-bond donors (Lipinski definition) is 3. The Balaban J connectivity index is 2.28. The lowest BCUT2D eigenvalue weighted by Crippen LogP contribution is -2.11. The number of hydrogen-bond acceptors (Lipinski definition) is 5. The Bertz CT molecular complexity index is 644. The second-order valence-corrected chi connectivity index (χ2v) is 6.38. The number of nitrogen functional groups attached to an aromatic ring is 1. The largest absolute Gasteiger partial charge is 0.478 e. The van der Waals surface area contributed by atoms with E-state index in [0.29, 0.717) is 16.5 Å². The van der Waals surface area contributed by atoms with E-state index in [1.165, 1.54) is 23.5 Å². The van der Waals surface area contributed by atoms with Crippen LogP contribution in [0.2, 0.25) is 0 Å². The van der Waals surface area contributed by atoms with Crippen molar-refractivity contribution in [1.29, 1.82) is 0 Å². The predicted octanol–water partition coefficient (Wildman–Crippen LogP) is 3.46. The van der Waals surface area contributed by atoms with E-state index in [2.05, 4.69) is 31.1 Å². The highest BCUT2D eigenvalue weighted by atomic mass is 32.1. The standard InChI is InChI=1S/C14H17N3O2S/c1-14(2,3)11-7-20-13(17-11)16-10-6-8(12(18)19)4-5-9(10)15/h4-7H,15H2,1-3H3,(H,16,17)(H,18,19). The van der Waals surface area contributed by atoms with Gasteiger partial charge in [0.2, 0.25) is 0 Å². The van der Waals surface area contributed by atoms with Gasteiger partial charge in [0.15, 0.2) is 5.13 Å². The van der Waals surface area contributed by atoms with Gasteiger partial charge in [-0.3, -0.25) is 0 Å². The van der Waals surface area contributed by atoms with Crippen molar-refractivity contribution >= 4 is 33.8 Å². The lowest BCUT2D eigenvalue weighted by Gasteiger charge is -2.14. The highest BCUT2D eigenvalue weighted by molar-refractivity contribution is 7.13. The normalized spacial score (nSPS) is 11.3. The predicted molar refractivity (Wildman–Crippen MR) is 81.9 cm³/mol. The number of aromatic carboxylic acids is 1. The second-order valence-electron chi connectivity index (χ2n) is 5.52. The van der Waals surface area contributed by atoms with Gasteiger partial charge in [-0.1, -0.05) is 20.8 Å². The van der Waals surface area contributed by atoms with E-state index in [-0.39, 0.29) is 11.0 Å². The monoisotopic (exact) mass is 291 g/mol. The van der Waals surface area contributed by atoms with Crippen molar-refractivity contribution in [2.75, 3.05) is 11.1 Å². The van der Waals surface area contributed by atoms with Crippen LogP contribution in [0.1, 0.15) is 36.8 Å². The molecule has 1 aromatic carbocycles. The van der Waals surface area contributed by atoms with Crippen LogP contribution in [-0.4, -0.2) is 16.1 Å². The number of benzene rings is 1. The molecule has 0 spiro atoms. The van der Waals surface area contributed by atoms with Crippen LogP contribution in [-0.2, 0) is 5.41 Å². The molecule has 0 aliphatic carbocycles. The third kappa shape index (κ3) is 3.08. The van der Waals surface area contributed by atoms with Crippen molar-refractivity contribution < 1.29 is 9.90 Å². The molecule has 6 heteroatoms. The Labute approximate surface area is 121 Å². The molecule has 1 heterocycles. The number of aromatic nitrogens is 1. The van der Waals surface area contributed by atoms with Gasteiger partial charge < -0.3 is 16.2 Å². The summed E-state index contributed by atoms with van der Waals surface area (Å²) in [5.41, 5.74) is 8.05. The number of carboxylic acids is 1. The van der Waals surface area contributed by atoms with Crippen LogP contribution in [0.15, 0.2) is 23.6 Å². The minimum atomic E-state index is -0.984. The molecule has 0 saturated carbocycles. The van der Waals surface area contributed by atoms with Crippen LogP contribution in [0.25, 0.3) is 0 Å². The molecule has 0 unspecified atom stereocenters. The van der Waals surface area contributed by atoms with E-state index in [9.17, 15) is 4.79 Å². The van der Waals surface area contributed by atoms with Crippen LogP contribution in [0.5, 0.6) is 0 Å². The van der Waals surface area contributed by atoms with Gasteiger partial charge in [0.1, 0.15) is 0 Å². The van der Waals surface area contributed by atoms with Gasteiger partial charge in [-0.05, 0) is 18.2 Å². The molecule has 0 saturated heterocycles. The third-order valence-corrected chi connectivity index (χ3v) is 3.57. The molecular weight excluding hydrogens is 274 g/mol. The number of nitrogens with zero attached hydrogens (tertiary/aromatic N) is 1. The summed E-state index contributed by atoms with van der Waals surface area (Å²) in [4.78, 5) is 15.5. The van der Waals surface area contributed by atoms with E-state index in [4.69, 9.17) is 10.8 Å². The third-order valence-electron chi connectivity index (χ3n) is 2.81. The number of nitrogens with one attached hydrogen (secondary N) is 1. The van der Waals surface area contributed by atoms with Gasteiger partial charge in [-0.2, -0.15) is 0 Å². The number of carbonyl (C=O) groups is 1. The molecule has 2 rings (SSSR count). The fraction of sp³-hybridized carbons (Fsp3) is 0.286. The molecule has 0 aliphatic heterocycles. The number of carboxylic acid groups (broad SMARTS) is 1. The van der Waals surface area contributed by atoms with Gasteiger partial charge in [0.25, 0.3) is 0 Å². The van der Waals surface area contributed by atoms with Crippen molar-refractivity contribution in [2.24, 2.45) is 0 Å². The summed E-state index contributed by atoms with van der Waals surface area (Å²) >= 11 is 1.47. The first-order valence-corrected chi connectivity index (χ1v) is 7.01. The first kappa shape index (κ1) is 14.3. The lowest BCUT2D eigenvalue weighted by atomic mass is 9.93. The van der Waals surface area contributed by atoms with Crippen molar-refractivity contribution in [3.05, 3.63) is 34.8 Å². The topological polar surface area (TPSA) is 88.2 Å². The average Bonchev–Trinajstić information content (AvgIpc) is 2.80. The molecule has 106 valence electrons. The van der Waals surface area contributed by atoms with Gasteiger partial charge in [-0.15, -0.1) is 11.3 Å². The summed E-state index contributed by atoms with van der Waals surface area (Å²) in [6, 6.07) is 4.56. The van der Waals surface area contributed by atoms with Crippen LogP contribution in [0.3, 0.4) is 0 Å². The zero-order chi connectivity index (χ0) is 14.9. The fourth-order valence-electron chi connectivity index (χ4n) is 1.59. The Morgan fingerprint density at radius 1 is 1.40 bits per heavy atom. The van der Waals surface area contributed by atoms with Gasteiger partial charge in [0.05, 0.1) is 22.6 Å². The molecule has 20 heavy (non-hydrogen) atoms. The maximum atomic E-state index is 11.0. The van der Waals surface area contributed by atoms with E-state index >= 15 is 0 Å². The molecule has 1 aromatic heterocycles. The van der Waals surface area contributed by atoms with Crippen LogP contribution in [0, 0.1) is 0 Å². The van der Waals surface area contributed by atoms with Crippen molar-refractivity contribution in [3.63, 3.8) is 0 Å². The first-order valence-electron chi connectivity index (χ1n) is 6.13. The molecule has 0 fully saturated rings. The molecule has 0 atom stereocenters. The van der Waals surface area contributed by atoms with Crippen molar-refractivity contribution in [2.45, 2.75) is 26.2 Å². The molecule has 5 nitrogen and oxygen atoms in total. The quantitative estimate of drug-likeness (QED) is 0.754. The number of anilines is 3. The molecule has 0 aliphatic rings. The van der Waals surface area contributed by atoms with E-state index < -0.39 is 5.97 Å². The Morgan fingerprint density at radius 2 is 2.10 bits per heavy atom. The number of rotatable bonds is 3. The first-order chi connectivity index (χ1) is 9.27. The van der Waals surface area contributed by atoms with Crippen molar-refractivity contribution in [1.82, 2.24) is 4.98 Å². The zero-order valence-corrected chi connectivity index (χ0v) is 12.4. The Hall–Kier alpha value is -2.08. The zero-order valence-electron chi connectivity index (χ0n) is 11.6. The maximum Gasteiger partial charge on any atom is 0.335 e. The summed E-state index contributed by atoms with van der Waals surface area (Å²) < 4.78 is 0. The molecule has 0 bridgehead atoms. The van der Waals surface area contributed by atoms with Crippen LogP contribution in [0.4, 0.5) is 16.5 Å². The van der Waals surface area contributed by atoms with Crippen LogP contribution >= 0.6 is 11.3 Å². The van der Waals surface area contributed by atoms with Crippen molar-refractivity contribution in [3.8, 4) is 0 Å². The smallest absolute Gasteiger partial charge is 0.335 e. The van der Waals surface area contributed by atoms with E-state index in [0.717, 1.165) is 5.69 Å². The van der Waals surface area contributed by atoms with E-state index in [1.54, 1.807) is 6.07 Å². The summed E-state index contributed by atoms with van der Waals surface area (Å²) in [6.45, 7) is 6.27. The molecule has 4 N–H and O–H groups in total. The molecule has 2 aromatic rings. The Morgan fingerprint density at radius 3 is 2.65 bits per heavy atom. The van der Waals surface area contributed by atoms with Crippen LogP contribution < -0.4 is 11.1 Å². The minimum Gasteiger partial charge on any atom is -0.478 e. The molecule has 0 radical (unpaired) electrons. The summed E-state index contributed by atoms with van der Waals surface area (Å²) in [5, 5.41) is 14.8. The summed E-state index contributed by atoms with van der Waals surface area (Å²) in [6.07, 6.45) is 0. The number of thiazole rings is 1. The minimum absolute atomic E-state index is 0.0229. The fourth-order valence-corrected chi connectivity index (χ4v) is 2.54. The lowest BCUT2D eigenvalue weighted by molar-refractivity contribution is 0.0697. The average molecular weight is 291 g/mol. The van der Waals surface area contributed by atoms with E-state index in [1.807, 2.05) is 5.38 Å². The van der Waals surface area contributed by atoms with Gasteiger partial charge >= 0.3 is 5.97 Å². The Kier molecular flexibility index (Phi) is 3.67. The maximum absolute atomic E-state index is 11.0. The van der Waals surface area contributed by atoms with Gasteiger partial charge in [-0.25, -0.2) is 9.78 Å². The molecule has 0 amide bonds. The SMILES string of the molecule is CC(C)(C)c1csc(Nc2cc(C(=O)O)ccc2N)n1. The summed E-state index contributed by atoms with van der Waals surface area (Å²) in [5.74, 6) is -0.984. The highest BCUT2D eigenvalue weighted by Gasteiger charge is 2.17. The second kappa shape index (κ2) is 5.13. The number of nitrogens with two attached hydrogens (primary N) is 1.